The van der Waals surface area contributed by atoms with E-state index in [1.54, 1.807) is 29.2 Å². The zero-order valence-corrected chi connectivity index (χ0v) is 16.5. The highest BCUT2D eigenvalue weighted by molar-refractivity contribution is 9.10. The fourth-order valence-electron chi connectivity index (χ4n) is 3.01. The van der Waals surface area contributed by atoms with Crippen molar-refractivity contribution in [3.8, 4) is 0 Å². The normalized spacial score (nSPS) is 18.9. The largest absolute Gasteiger partial charge is 0.330 e. The van der Waals surface area contributed by atoms with E-state index in [2.05, 4.69) is 15.9 Å². The first-order valence-corrected chi connectivity index (χ1v) is 10.8. The summed E-state index contributed by atoms with van der Waals surface area (Å²) < 4.78 is 24.7. The predicted octanol–water partition coefficient (Wildman–Crippen LogP) is 3.93. The molecule has 0 unspecified atom stereocenters. The van der Waals surface area contributed by atoms with Gasteiger partial charge >= 0.3 is 0 Å². The molecule has 1 aliphatic rings. The van der Waals surface area contributed by atoms with Crippen molar-refractivity contribution in [1.29, 1.82) is 0 Å². The van der Waals surface area contributed by atoms with Gasteiger partial charge in [0.1, 0.15) is 0 Å². The molecule has 2 aromatic carbocycles. The number of carbonyl (C=O) groups excluding carboxylic acids is 1. The monoisotopic (exact) mass is 441 g/mol. The molecule has 0 aromatic heterocycles. The summed E-state index contributed by atoms with van der Waals surface area (Å²) in [4.78, 5) is 14.7. The van der Waals surface area contributed by atoms with Crippen molar-refractivity contribution in [2.24, 2.45) is 0 Å². The average molecular weight is 443 g/mol. The number of amides is 1. The molecule has 1 aliphatic heterocycles. The first-order valence-electron chi connectivity index (χ1n) is 7.85. The molecule has 7 heteroatoms. The fourth-order valence-corrected chi connectivity index (χ4v) is 5.37. The van der Waals surface area contributed by atoms with Crippen molar-refractivity contribution >= 4 is 43.3 Å². The summed E-state index contributed by atoms with van der Waals surface area (Å²) in [7, 11) is -3.09. The minimum atomic E-state index is -3.09. The molecule has 1 saturated heterocycles. The highest BCUT2D eigenvalue weighted by atomic mass is 79.9. The summed E-state index contributed by atoms with van der Waals surface area (Å²) in [6, 6.07) is 14.1. The summed E-state index contributed by atoms with van der Waals surface area (Å²) in [6.45, 7) is 0.352. The summed E-state index contributed by atoms with van der Waals surface area (Å²) in [5, 5.41) is 0.479. The lowest BCUT2D eigenvalue weighted by Gasteiger charge is -2.28. The zero-order chi connectivity index (χ0) is 18.0. The molecule has 0 spiro atoms. The molecular formula is C18H17BrClNO3S. The smallest absolute Gasteiger partial charge is 0.254 e. The minimum Gasteiger partial charge on any atom is -0.330 e. The van der Waals surface area contributed by atoms with Crippen LogP contribution in [0.25, 0.3) is 0 Å². The number of hydrogen-bond acceptors (Lipinski definition) is 3. The van der Waals surface area contributed by atoms with Gasteiger partial charge in [-0.3, -0.25) is 4.79 Å². The van der Waals surface area contributed by atoms with E-state index in [9.17, 15) is 13.2 Å². The van der Waals surface area contributed by atoms with Crippen LogP contribution < -0.4 is 0 Å². The van der Waals surface area contributed by atoms with Crippen LogP contribution >= 0.6 is 27.5 Å². The molecule has 0 saturated carbocycles. The Bertz CT molecular complexity index is 901. The lowest BCUT2D eigenvalue weighted by Crippen LogP contribution is -2.40. The van der Waals surface area contributed by atoms with E-state index in [4.69, 9.17) is 11.6 Å². The second kappa shape index (κ2) is 7.48. The van der Waals surface area contributed by atoms with E-state index in [0.717, 1.165) is 10.0 Å². The number of rotatable bonds is 4. The summed E-state index contributed by atoms with van der Waals surface area (Å²) in [6.07, 6.45) is 0.461. The van der Waals surface area contributed by atoms with Crippen molar-refractivity contribution < 1.29 is 13.2 Å². The second-order valence-electron chi connectivity index (χ2n) is 6.13. The minimum absolute atomic E-state index is 0.00725. The van der Waals surface area contributed by atoms with Crippen molar-refractivity contribution in [3.63, 3.8) is 0 Å². The molecule has 3 rings (SSSR count). The molecule has 0 aliphatic carbocycles. The lowest BCUT2D eigenvalue weighted by molar-refractivity contribution is 0.0681. The molecule has 1 atom stereocenters. The van der Waals surface area contributed by atoms with Crippen LogP contribution in [0.3, 0.4) is 0 Å². The Kier molecular flexibility index (Phi) is 5.51. The van der Waals surface area contributed by atoms with Crippen molar-refractivity contribution in [1.82, 2.24) is 4.90 Å². The molecule has 1 fully saturated rings. The van der Waals surface area contributed by atoms with Crippen molar-refractivity contribution in [3.05, 3.63) is 69.2 Å². The number of halogens is 2. The Balaban J connectivity index is 1.92. The van der Waals surface area contributed by atoms with Gasteiger partial charge in [0.15, 0.2) is 9.84 Å². The molecule has 132 valence electrons. The van der Waals surface area contributed by atoms with Crippen LogP contribution in [0.1, 0.15) is 22.3 Å². The molecule has 0 radical (unpaired) electrons. The Morgan fingerprint density at radius 3 is 2.60 bits per heavy atom. The van der Waals surface area contributed by atoms with Crippen LogP contribution in [0.15, 0.2) is 53.0 Å². The quantitative estimate of drug-likeness (QED) is 0.721. The van der Waals surface area contributed by atoms with Crippen LogP contribution in [-0.4, -0.2) is 36.8 Å². The summed E-state index contributed by atoms with van der Waals surface area (Å²) in [5.41, 5.74) is 1.40. The first-order chi connectivity index (χ1) is 11.8. The van der Waals surface area contributed by atoms with E-state index in [0.29, 0.717) is 23.6 Å². The van der Waals surface area contributed by atoms with Crippen LogP contribution in [-0.2, 0) is 16.4 Å². The molecule has 0 N–H and O–H groups in total. The maximum Gasteiger partial charge on any atom is 0.254 e. The third-order valence-corrected chi connectivity index (χ3v) is 6.70. The van der Waals surface area contributed by atoms with E-state index in [-0.39, 0.29) is 23.5 Å². The third-order valence-electron chi connectivity index (χ3n) is 4.22. The van der Waals surface area contributed by atoms with E-state index >= 15 is 0 Å². The third kappa shape index (κ3) is 4.63. The van der Waals surface area contributed by atoms with Crippen molar-refractivity contribution in [2.45, 2.75) is 19.0 Å². The summed E-state index contributed by atoms with van der Waals surface area (Å²) >= 11 is 9.44. The highest BCUT2D eigenvalue weighted by Gasteiger charge is 2.35. The zero-order valence-electron chi connectivity index (χ0n) is 13.4. The van der Waals surface area contributed by atoms with E-state index in [1.165, 1.54) is 0 Å². The Hall–Kier alpha value is -1.37. The van der Waals surface area contributed by atoms with Crippen LogP contribution in [0.4, 0.5) is 0 Å². The standard InChI is InChI=1S/C18H17BrClNO3S/c19-15-5-1-3-13(9-15)11-21(17-7-8-25(23,24)12-17)18(22)14-4-2-6-16(20)10-14/h1-6,9-10,17H,7-8,11-12H2/t17-/m0/s1. The van der Waals surface area contributed by atoms with Gasteiger partial charge in [-0.2, -0.15) is 0 Å². The van der Waals surface area contributed by atoms with Crippen molar-refractivity contribution in [2.75, 3.05) is 11.5 Å². The Morgan fingerprint density at radius 2 is 1.96 bits per heavy atom. The highest BCUT2D eigenvalue weighted by Crippen LogP contribution is 2.24. The predicted molar refractivity (Wildman–Crippen MR) is 103 cm³/mol. The number of nitrogens with zero attached hydrogens (tertiary/aromatic N) is 1. The molecule has 25 heavy (non-hydrogen) atoms. The molecule has 1 amide bonds. The SMILES string of the molecule is O=C(c1cccc(Cl)c1)N(Cc1cccc(Br)c1)[C@H]1CCS(=O)(=O)C1. The maximum absolute atomic E-state index is 13.0. The van der Waals surface area contributed by atoms with Crippen LogP contribution in [0.5, 0.6) is 0 Å². The van der Waals surface area contributed by atoms with Crippen LogP contribution in [0, 0.1) is 0 Å². The van der Waals surface area contributed by atoms with Gasteiger partial charge in [-0.05, 0) is 42.3 Å². The van der Waals surface area contributed by atoms with Gasteiger partial charge in [-0.1, -0.05) is 45.7 Å². The fraction of sp³-hybridized carbons (Fsp3) is 0.278. The van der Waals surface area contributed by atoms with Gasteiger partial charge in [-0.25, -0.2) is 8.42 Å². The number of carbonyl (C=O) groups is 1. The summed E-state index contributed by atoms with van der Waals surface area (Å²) in [5.74, 6) is -0.0763. The molecule has 1 heterocycles. The van der Waals surface area contributed by atoms with Gasteiger partial charge in [0.05, 0.1) is 11.5 Å². The number of hydrogen-bond donors (Lipinski definition) is 0. The first kappa shape index (κ1) is 18.4. The van der Waals surface area contributed by atoms with E-state index in [1.807, 2.05) is 24.3 Å². The maximum atomic E-state index is 13.0. The number of benzene rings is 2. The Labute approximate surface area is 160 Å². The van der Waals surface area contributed by atoms with Gasteiger partial charge in [-0.15, -0.1) is 0 Å². The second-order valence-corrected chi connectivity index (χ2v) is 9.71. The Morgan fingerprint density at radius 1 is 1.20 bits per heavy atom. The topological polar surface area (TPSA) is 54.5 Å². The van der Waals surface area contributed by atoms with Crippen LogP contribution in [0.2, 0.25) is 5.02 Å². The van der Waals surface area contributed by atoms with E-state index < -0.39 is 9.84 Å². The average Bonchev–Trinajstić information content (AvgIpc) is 2.92. The molecular weight excluding hydrogens is 426 g/mol. The molecule has 0 bridgehead atoms. The van der Waals surface area contributed by atoms with Gasteiger partial charge in [0, 0.05) is 27.6 Å². The number of sulfone groups is 1. The van der Waals surface area contributed by atoms with Gasteiger partial charge in [0.2, 0.25) is 0 Å². The van der Waals surface area contributed by atoms with Gasteiger partial charge in [0.25, 0.3) is 5.91 Å². The molecule has 2 aromatic rings. The van der Waals surface area contributed by atoms with Gasteiger partial charge < -0.3 is 4.90 Å². The lowest BCUT2D eigenvalue weighted by atomic mass is 10.1. The molecule has 4 nitrogen and oxygen atoms in total.